The normalized spacial score (nSPS) is 17.7. The Bertz CT molecular complexity index is 720. The molecule has 7 nitrogen and oxygen atoms in total. The van der Waals surface area contributed by atoms with E-state index in [4.69, 9.17) is 16.3 Å². The summed E-state index contributed by atoms with van der Waals surface area (Å²) in [6.45, 7) is 3.03. The quantitative estimate of drug-likeness (QED) is 0.308. The number of nitrogens with one attached hydrogen (secondary N) is 1. The van der Waals surface area contributed by atoms with Crippen LogP contribution in [-0.2, 0) is 18.2 Å². The van der Waals surface area contributed by atoms with Crippen molar-refractivity contribution >= 4 is 41.5 Å². The molecule has 0 spiro atoms. The topological polar surface area (TPSA) is 67.6 Å². The van der Waals surface area contributed by atoms with Crippen molar-refractivity contribution in [1.29, 1.82) is 0 Å². The first kappa shape index (κ1) is 20.9. The number of aliphatic imine (C=N–C) groups is 1. The van der Waals surface area contributed by atoms with E-state index in [1.54, 1.807) is 17.9 Å². The zero-order valence-electron chi connectivity index (χ0n) is 14.9. The van der Waals surface area contributed by atoms with Crippen LogP contribution in [0.25, 0.3) is 0 Å². The molecule has 1 saturated heterocycles. The van der Waals surface area contributed by atoms with Crippen molar-refractivity contribution in [3.8, 4) is 0 Å². The van der Waals surface area contributed by atoms with Crippen LogP contribution in [0.4, 0.5) is 0 Å². The smallest absolute Gasteiger partial charge is 0.193 e. The highest BCUT2D eigenvalue weighted by Crippen LogP contribution is 2.21. The highest BCUT2D eigenvalue weighted by Gasteiger charge is 2.24. The second-order valence-electron chi connectivity index (χ2n) is 5.97. The summed E-state index contributed by atoms with van der Waals surface area (Å²) in [5.41, 5.74) is 2.23. The molecule has 1 atom stereocenters. The first-order valence-corrected chi connectivity index (χ1v) is 8.69. The Morgan fingerprint density at radius 3 is 2.92 bits per heavy atom. The second kappa shape index (κ2) is 10.1. The first-order valence-electron chi connectivity index (χ1n) is 8.32. The van der Waals surface area contributed by atoms with Crippen LogP contribution in [0.1, 0.15) is 17.2 Å². The number of aromatic nitrogens is 3. The third-order valence-corrected chi connectivity index (χ3v) is 4.38. The molecular weight excluding hydrogens is 467 g/mol. The Labute approximate surface area is 175 Å². The van der Waals surface area contributed by atoms with Gasteiger partial charge in [0.25, 0.3) is 0 Å². The SMILES string of the molecule is CN=C(NCCc1ccc(Cl)nc1)N1CCOC(c2cnn(C)c2)C1.I. The average molecular weight is 491 g/mol. The monoisotopic (exact) mass is 490 g/mol. The van der Waals surface area contributed by atoms with Gasteiger partial charge in [0.05, 0.1) is 19.3 Å². The van der Waals surface area contributed by atoms with Crippen LogP contribution < -0.4 is 5.32 Å². The molecule has 0 radical (unpaired) electrons. The van der Waals surface area contributed by atoms with Crippen LogP contribution in [0.15, 0.2) is 35.7 Å². The molecule has 9 heteroatoms. The Morgan fingerprint density at radius 2 is 2.27 bits per heavy atom. The number of ether oxygens (including phenoxy) is 1. The molecule has 1 aliphatic rings. The summed E-state index contributed by atoms with van der Waals surface area (Å²) in [6.07, 6.45) is 6.54. The maximum atomic E-state index is 5.89. The van der Waals surface area contributed by atoms with E-state index in [1.807, 2.05) is 31.6 Å². The molecular formula is C17H24ClIN6O. The molecule has 1 N–H and O–H groups in total. The maximum Gasteiger partial charge on any atom is 0.193 e. The first-order chi connectivity index (χ1) is 12.2. The lowest BCUT2D eigenvalue weighted by atomic mass is 10.1. The molecule has 0 aliphatic carbocycles. The van der Waals surface area contributed by atoms with Crippen LogP contribution in [-0.4, -0.2) is 58.9 Å². The summed E-state index contributed by atoms with van der Waals surface area (Å²) in [7, 11) is 3.72. The van der Waals surface area contributed by atoms with Crippen molar-refractivity contribution in [3.05, 3.63) is 47.0 Å². The van der Waals surface area contributed by atoms with Gasteiger partial charge >= 0.3 is 0 Å². The molecule has 26 heavy (non-hydrogen) atoms. The predicted octanol–water partition coefficient (Wildman–Crippen LogP) is 2.28. The van der Waals surface area contributed by atoms with Gasteiger partial charge < -0.3 is 15.0 Å². The summed E-state index contributed by atoms with van der Waals surface area (Å²) in [6, 6.07) is 3.80. The van der Waals surface area contributed by atoms with Gasteiger partial charge in [-0.25, -0.2) is 4.98 Å². The number of pyridine rings is 1. The third-order valence-electron chi connectivity index (χ3n) is 4.16. The minimum absolute atomic E-state index is 0. The van der Waals surface area contributed by atoms with Crippen molar-refractivity contribution in [3.63, 3.8) is 0 Å². The van der Waals surface area contributed by atoms with Gasteiger partial charge in [-0.3, -0.25) is 9.67 Å². The van der Waals surface area contributed by atoms with E-state index in [0.29, 0.717) is 11.8 Å². The Balaban J connectivity index is 0.00000243. The zero-order chi connectivity index (χ0) is 17.6. The fourth-order valence-corrected chi connectivity index (χ4v) is 2.97. The highest BCUT2D eigenvalue weighted by molar-refractivity contribution is 14.0. The number of rotatable bonds is 4. The molecule has 0 aromatic carbocycles. The van der Waals surface area contributed by atoms with E-state index in [0.717, 1.165) is 43.1 Å². The summed E-state index contributed by atoms with van der Waals surface area (Å²) in [5, 5.41) is 8.16. The molecule has 3 heterocycles. The fourth-order valence-electron chi connectivity index (χ4n) is 2.85. The minimum atomic E-state index is 0. The lowest BCUT2D eigenvalue weighted by Crippen LogP contribution is -2.48. The Kier molecular flexibility index (Phi) is 8.11. The average Bonchev–Trinajstić information content (AvgIpc) is 3.07. The fraction of sp³-hybridized carbons (Fsp3) is 0.471. The van der Waals surface area contributed by atoms with Gasteiger partial charge in [0, 0.05) is 45.1 Å². The summed E-state index contributed by atoms with van der Waals surface area (Å²) >= 11 is 5.82. The van der Waals surface area contributed by atoms with E-state index in [-0.39, 0.29) is 30.1 Å². The van der Waals surface area contributed by atoms with Gasteiger partial charge in [0.15, 0.2) is 5.96 Å². The highest BCUT2D eigenvalue weighted by atomic mass is 127. The number of aryl methyl sites for hydroxylation is 1. The van der Waals surface area contributed by atoms with Crippen molar-refractivity contribution in [2.24, 2.45) is 12.0 Å². The number of hydrogen-bond donors (Lipinski definition) is 1. The van der Waals surface area contributed by atoms with Gasteiger partial charge in [0.1, 0.15) is 11.3 Å². The lowest BCUT2D eigenvalue weighted by molar-refractivity contribution is -0.00800. The largest absolute Gasteiger partial charge is 0.370 e. The summed E-state index contributed by atoms with van der Waals surface area (Å²) in [4.78, 5) is 10.7. The molecule has 3 rings (SSSR count). The van der Waals surface area contributed by atoms with Gasteiger partial charge in [-0.05, 0) is 18.1 Å². The Morgan fingerprint density at radius 1 is 1.42 bits per heavy atom. The molecule has 1 aliphatic heterocycles. The second-order valence-corrected chi connectivity index (χ2v) is 6.35. The molecule has 0 bridgehead atoms. The van der Waals surface area contributed by atoms with Gasteiger partial charge in [0.2, 0.25) is 0 Å². The van der Waals surface area contributed by atoms with Crippen LogP contribution in [0, 0.1) is 0 Å². The number of halogens is 2. The van der Waals surface area contributed by atoms with E-state index in [2.05, 4.69) is 25.3 Å². The molecule has 142 valence electrons. The van der Waals surface area contributed by atoms with E-state index in [1.165, 1.54) is 0 Å². The maximum absolute atomic E-state index is 5.89. The molecule has 1 unspecified atom stereocenters. The number of nitrogens with zero attached hydrogens (tertiary/aromatic N) is 5. The molecule has 0 saturated carbocycles. The van der Waals surface area contributed by atoms with Gasteiger partial charge in [-0.1, -0.05) is 17.7 Å². The number of hydrogen-bond acceptors (Lipinski definition) is 4. The molecule has 2 aromatic heterocycles. The van der Waals surface area contributed by atoms with E-state index < -0.39 is 0 Å². The zero-order valence-corrected chi connectivity index (χ0v) is 18.0. The van der Waals surface area contributed by atoms with Gasteiger partial charge in [-0.15, -0.1) is 24.0 Å². The molecule has 1 fully saturated rings. The van der Waals surface area contributed by atoms with Crippen LogP contribution in [0.3, 0.4) is 0 Å². The molecule has 2 aromatic rings. The van der Waals surface area contributed by atoms with Gasteiger partial charge in [-0.2, -0.15) is 5.10 Å². The standard InChI is InChI=1S/C17H23ClN6O.HI/c1-19-17(20-6-5-13-3-4-16(18)21-9-13)24-7-8-25-15(12-24)14-10-22-23(2)11-14;/h3-4,9-11,15H,5-8,12H2,1-2H3,(H,19,20);1H. The van der Waals surface area contributed by atoms with Crippen LogP contribution in [0.2, 0.25) is 5.15 Å². The number of guanidine groups is 1. The minimum Gasteiger partial charge on any atom is -0.370 e. The Hall–Kier alpha value is -1.39. The predicted molar refractivity (Wildman–Crippen MR) is 113 cm³/mol. The van der Waals surface area contributed by atoms with Crippen LogP contribution in [0.5, 0.6) is 0 Å². The molecule has 0 amide bonds. The third kappa shape index (κ3) is 5.55. The van der Waals surface area contributed by atoms with E-state index >= 15 is 0 Å². The van der Waals surface area contributed by atoms with Crippen molar-refractivity contribution in [2.75, 3.05) is 33.3 Å². The van der Waals surface area contributed by atoms with E-state index in [9.17, 15) is 0 Å². The van der Waals surface area contributed by atoms with Crippen LogP contribution >= 0.6 is 35.6 Å². The van der Waals surface area contributed by atoms with Crippen molar-refractivity contribution < 1.29 is 4.74 Å². The van der Waals surface area contributed by atoms with Crippen molar-refractivity contribution in [1.82, 2.24) is 25.0 Å². The lowest BCUT2D eigenvalue weighted by Gasteiger charge is -2.34. The number of morpholine rings is 1. The summed E-state index contributed by atoms with van der Waals surface area (Å²) in [5.74, 6) is 0.888. The summed E-state index contributed by atoms with van der Waals surface area (Å²) < 4.78 is 7.69. The van der Waals surface area contributed by atoms with Crippen molar-refractivity contribution in [2.45, 2.75) is 12.5 Å².